The average Bonchev–Trinajstić information content (AvgIpc) is 2.39. The first-order valence-corrected chi connectivity index (χ1v) is 7.85. The van der Waals surface area contributed by atoms with E-state index in [2.05, 4.69) is 11.6 Å². The fourth-order valence-corrected chi connectivity index (χ4v) is 2.64. The van der Waals surface area contributed by atoms with Crippen LogP contribution in [0.2, 0.25) is 0 Å². The van der Waals surface area contributed by atoms with Gasteiger partial charge in [-0.1, -0.05) is 25.5 Å². The second kappa shape index (κ2) is 8.27. The molecule has 5 nitrogen and oxygen atoms in total. The van der Waals surface area contributed by atoms with Gasteiger partial charge in [-0.25, -0.2) is 13.1 Å². The van der Waals surface area contributed by atoms with E-state index in [1.807, 2.05) is 12.1 Å². The van der Waals surface area contributed by atoms with Crippen molar-refractivity contribution in [2.24, 2.45) is 0 Å². The molecule has 19 heavy (non-hydrogen) atoms. The first kappa shape index (κ1) is 16.1. The standard InChI is InChI=1S/C13H21NO4S/c1-2-3-12-4-6-13(7-5-12)19(16,17)14-8-10-18-11-9-15/h4-7,14-15H,2-3,8-11H2,1H3. The average molecular weight is 287 g/mol. The van der Waals surface area contributed by atoms with Crippen molar-refractivity contribution in [3.8, 4) is 0 Å². The number of hydrogen-bond donors (Lipinski definition) is 2. The van der Waals surface area contributed by atoms with Crippen LogP contribution in [0.15, 0.2) is 29.2 Å². The molecular formula is C13H21NO4S. The van der Waals surface area contributed by atoms with Gasteiger partial charge < -0.3 is 9.84 Å². The molecule has 0 atom stereocenters. The first-order chi connectivity index (χ1) is 9.10. The van der Waals surface area contributed by atoms with Gasteiger partial charge >= 0.3 is 0 Å². The summed E-state index contributed by atoms with van der Waals surface area (Å²) in [5, 5.41) is 8.51. The van der Waals surface area contributed by atoms with Gasteiger partial charge in [0.1, 0.15) is 0 Å². The van der Waals surface area contributed by atoms with Crippen LogP contribution >= 0.6 is 0 Å². The Balaban J connectivity index is 2.52. The molecule has 2 N–H and O–H groups in total. The van der Waals surface area contributed by atoms with Crippen LogP contribution in [0.3, 0.4) is 0 Å². The molecule has 0 amide bonds. The van der Waals surface area contributed by atoms with Crippen molar-refractivity contribution in [3.05, 3.63) is 29.8 Å². The maximum absolute atomic E-state index is 11.9. The third-order valence-electron chi connectivity index (χ3n) is 2.55. The van der Waals surface area contributed by atoms with E-state index in [4.69, 9.17) is 9.84 Å². The van der Waals surface area contributed by atoms with Crippen molar-refractivity contribution >= 4 is 10.0 Å². The molecule has 0 unspecified atom stereocenters. The lowest BCUT2D eigenvalue weighted by molar-refractivity contribution is 0.0961. The summed E-state index contributed by atoms with van der Waals surface area (Å²) in [5.74, 6) is 0. The van der Waals surface area contributed by atoms with Gasteiger partial charge in [-0.15, -0.1) is 0 Å². The number of rotatable bonds is 9. The van der Waals surface area contributed by atoms with Crippen molar-refractivity contribution in [3.63, 3.8) is 0 Å². The zero-order chi connectivity index (χ0) is 14.1. The number of nitrogens with one attached hydrogen (secondary N) is 1. The highest BCUT2D eigenvalue weighted by atomic mass is 32.2. The van der Waals surface area contributed by atoms with Gasteiger partial charge in [-0.3, -0.25) is 0 Å². The van der Waals surface area contributed by atoms with Gasteiger partial charge in [0, 0.05) is 6.54 Å². The number of benzene rings is 1. The summed E-state index contributed by atoms with van der Waals surface area (Å²) in [6, 6.07) is 6.89. The maximum atomic E-state index is 11.9. The Morgan fingerprint density at radius 1 is 1.21 bits per heavy atom. The maximum Gasteiger partial charge on any atom is 0.240 e. The minimum absolute atomic E-state index is 0.0638. The van der Waals surface area contributed by atoms with E-state index >= 15 is 0 Å². The number of ether oxygens (including phenoxy) is 1. The lowest BCUT2D eigenvalue weighted by Crippen LogP contribution is -2.27. The van der Waals surface area contributed by atoms with E-state index in [0.717, 1.165) is 18.4 Å². The Labute approximate surface area is 114 Å². The Morgan fingerprint density at radius 2 is 1.89 bits per heavy atom. The number of hydrogen-bond acceptors (Lipinski definition) is 4. The minimum Gasteiger partial charge on any atom is -0.394 e. The lowest BCUT2D eigenvalue weighted by atomic mass is 10.1. The molecule has 1 aromatic carbocycles. The number of aryl methyl sites for hydroxylation is 1. The van der Waals surface area contributed by atoms with Crippen molar-refractivity contribution in [1.29, 1.82) is 0 Å². The van der Waals surface area contributed by atoms with Gasteiger partial charge in [-0.2, -0.15) is 0 Å². The molecule has 0 aliphatic rings. The predicted molar refractivity (Wildman–Crippen MR) is 73.5 cm³/mol. The van der Waals surface area contributed by atoms with E-state index < -0.39 is 10.0 Å². The summed E-state index contributed by atoms with van der Waals surface area (Å²) in [4.78, 5) is 0.259. The smallest absolute Gasteiger partial charge is 0.240 e. The van der Waals surface area contributed by atoms with Gasteiger partial charge in [0.15, 0.2) is 0 Å². The molecule has 0 saturated carbocycles. The van der Waals surface area contributed by atoms with E-state index in [1.54, 1.807) is 12.1 Å². The zero-order valence-electron chi connectivity index (χ0n) is 11.1. The fourth-order valence-electron chi connectivity index (χ4n) is 1.62. The molecule has 1 rings (SSSR count). The molecule has 0 saturated heterocycles. The summed E-state index contributed by atoms with van der Waals surface area (Å²) in [6.07, 6.45) is 1.98. The van der Waals surface area contributed by atoms with Crippen LogP contribution in [-0.2, 0) is 21.2 Å². The van der Waals surface area contributed by atoms with Gasteiger partial charge in [-0.05, 0) is 24.1 Å². The minimum atomic E-state index is -3.47. The van der Waals surface area contributed by atoms with E-state index in [1.165, 1.54) is 0 Å². The summed E-state index contributed by atoms with van der Waals surface area (Å²) in [5.41, 5.74) is 1.13. The first-order valence-electron chi connectivity index (χ1n) is 6.37. The normalized spacial score (nSPS) is 11.7. The highest BCUT2D eigenvalue weighted by Crippen LogP contribution is 2.11. The molecule has 0 fully saturated rings. The topological polar surface area (TPSA) is 75.6 Å². The van der Waals surface area contributed by atoms with E-state index in [9.17, 15) is 8.42 Å². The Morgan fingerprint density at radius 3 is 2.47 bits per heavy atom. The molecule has 0 heterocycles. The molecule has 108 valence electrons. The quantitative estimate of drug-likeness (QED) is 0.662. The van der Waals surface area contributed by atoms with Gasteiger partial charge in [0.2, 0.25) is 10.0 Å². The second-order valence-electron chi connectivity index (χ2n) is 4.13. The summed E-state index contributed by atoms with van der Waals surface area (Å²) in [7, 11) is -3.47. The van der Waals surface area contributed by atoms with Crippen LogP contribution in [0.4, 0.5) is 0 Å². The number of aliphatic hydroxyl groups is 1. The number of sulfonamides is 1. The van der Waals surface area contributed by atoms with Crippen LogP contribution in [0.5, 0.6) is 0 Å². The molecule has 0 aliphatic heterocycles. The summed E-state index contributed by atoms with van der Waals surface area (Å²) in [6.45, 7) is 2.67. The van der Waals surface area contributed by atoms with Crippen molar-refractivity contribution < 1.29 is 18.3 Å². The van der Waals surface area contributed by atoms with Crippen LogP contribution in [0, 0.1) is 0 Å². The molecule has 0 aromatic heterocycles. The Bertz CT molecular complexity index is 456. The molecule has 0 spiro atoms. The molecule has 0 bridgehead atoms. The van der Waals surface area contributed by atoms with Gasteiger partial charge in [0.25, 0.3) is 0 Å². The monoisotopic (exact) mass is 287 g/mol. The number of aliphatic hydroxyl groups excluding tert-OH is 1. The SMILES string of the molecule is CCCc1ccc(S(=O)(=O)NCCOCCO)cc1. The highest BCUT2D eigenvalue weighted by Gasteiger charge is 2.12. The highest BCUT2D eigenvalue weighted by molar-refractivity contribution is 7.89. The molecular weight excluding hydrogens is 266 g/mol. The van der Waals surface area contributed by atoms with Crippen molar-refractivity contribution in [2.45, 2.75) is 24.7 Å². The van der Waals surface area contributed by atoms with Gasteiger partial charge in [0.05, 0.1) is 24.7 Å². The van der Waals surface area contributed by atoms with Crippen LogP contribution in [0.25, 0.3) is 0 Å². The molecule has 1 aromatic rings. The summed E-state index contributed by atoms with van der Waals surface area (Å²) < 4.78 is 31.3. The second-order valence-corrected chi connectivity index (χ2v) is 5.89. The molecule has 0 aliphatic carbocycles. The van der Waals surface area contributed by atoms with Crippen LogP contribution < -0.4 is 4.72 Å². The third-order valence-corrected chi connectivity index (χ3v) is 4.02. The van der Waals surface area contributed by atoms with Crippen LogP contribution in [0.1, 0.15) is 18.9 Å². The molecule has 6 heteroatoms. The van der Waals surface area contributed by atoms with Crippen LogP contribution in [-0.4, -0.2) is 39.9 Å². The third kappa shape index (κ3) is 5.69. The Kier molecular flexibility index (Phi) is 7.01. The largest absolute Gasteiger partial charge is 0.394 e. The Hall–Kier alpha value is -0.950. The lowest BCUT2D eigenvalue weighted by Gasteiger charge is -2.07. The fraction of sp³-hybridized carbons (Fsp3) is 0.538. The summed E-state index contributed by atoms with van der Waals surface area (Å²) >= 11 is 0. The van der Waals surface area contributed by atoms with Crippen molar-refractivity contribution in [1.82, 2.24) is 4.72 Å². The van der Waals surface area contributed by atoms with E-state index in [0.29, 0.717) is 0 Å². The van der Waals surface area contributed by atoms with Crippen molar-refractivity contribution in [2.75, 3.05) is 26.4 Å². The zero-order valence-corrected chi connectivity index (χ0v) is 11.9. The molecule has 0 radical (unpaired) electrons. The predicted octanol–water partition coefficient (Wildman–Crippen LogP) is 0.926. The van der Waals surface area contributed by atoms with E-state index in [-0.39, 0.29) is 31.3 Å².